The Kier molecular flexibility index (Phi) is 4.17. The molecule has 1 N–H and O–H groups in total. The average molecular weight is 327 g/mol. The number of rotatable bonds is 3. The molecule has 0 bridgehead atoms. The summed E-state index contributed by atoms with van der Waals surface area (Å²) in [7, 11) is 0. The van der Waals surface area contributed by atoms with E-state index in [1.807, 2.05) is 31.2 Å². The van der Waals surface area contributed by atoms with E-state index in [4.69, 9.17) is 11.6 Å². The second-order valence-electron chi connectivity index (χ2n) is 5.33. The van der Waals surface area contributed by atoms with Gasteiger partial charge in [0.05, 0.1) is 5.52 Å². The molecule has 0 radical (unpaired) electrons. The summed E-state index contributed by atoms with van der Waals surface area (Å²) in [5.41, 5.74) is 2.35. The number of pyridine rings is 1. The molecule has 2 aromatic carbocycles. The minimum atomic E-state index is -0.154. The van der Waals surface area contributed by atoms with Gasteiger partial charge in [-0.25, -0.2) is 0 Å². The van der Waals surface area contributed by atoms with Crippen molar-refractivity contribution in [3.05, 3.63) is 75.5 Å². The van der Waals surface area contributed by atoms with Crippen LogP contribution in [0.2, 0.25) is 5.02 Å². The minimum Gasteiger partial charge on any atom is -0.338 e. The molecular formula is C18H15ClN2O2. The first kappa shape index (κ1) is 15.3. The van der Waals surface area contributed by atoms with E-state index in [1.165, 1.54) is 6.07 Å². The molecule has 3 aromatic rings. The van der Waals surface area contributed by atoms with Gasteiger partial charge in [0.1, 0.15) is 6.54 Å². The number of para-hydroxylation sites is 1. The highest BCUT2D eigenvalue weighted by Gasteiger charge is 2.08. The van der Waals surface area contributed by atoms with Gasteiger partial charge in [0, 0.05) is 28.4 Å². The molecule has 116 valence electrons. The molecule has 0 saturated heterocycles. The number of carbonyl (C=O) groups excluding carboxylic acids is 1. The molecule has 0 unspecified atom stereocenters. The second-order valence-corrected chi connectivity index (χ2v) is 5.77. The van der Waals surface area contributed by atoms with Crippen molar-refractivity contribution in [2.24, 2.45) is 0 Å². The third-order valence-electron chi connectivity index (χ3n) is 3.67. The number of nitrogens with zero attached hydrogens (tertiary/aromatic N) is 1. The molecule has 23 heavy (non-hydrogen) atoms. The quantitative estimate of drug-likeness (QED) is 0.799. The number of carbonyl (C=O) groups is 1. The number of amides is 1. The third kappa shape index (κ3) is 3.27. The summed E-state index contributed by atoms with van der Waals surface area (Å²) in [5, 5.41) is 3.89. The van der Waals surface area contributed by atoms with Crippen molar-refractivity contribution in [3.63, 3.8) is 0 Å². The van der Waals surface area contributed by atoms with Crippen LogP contribution in [0.3, 0.4) is 0 Å². The lowest BCUT2D eigenvalue weighted by molar-refractivity contribution is -0.116. The molecule has 5 heteroatoms. The van der Waals surface area contributed by atoms with Gasteiger partial charge < -0.3 is 9.88 Å². The fourth-order valence-corrected chi connectivity index (χ4v) is 2.65. The van der Waals surface area contributed by atoms with Crippen LogP contribution in [0.15, 0.2) is 59.5 Å². The maximum Gasteiger partial charge on any atom is 0.244 e. The van der Waals surface area contributed by atoms with E-state index in [9.17, 15) is 9.59 Å². The van der Waals surface area contributed by atoms with E-state index in [-0.39, 0.29) is 17.9 Å². The van der Waals surface area contributed by atoms with Gasteiger partial charge in [-0.15, -0.1) is 0 Å². The van der Waals surface area contributed by atoms with Crippen LogP contribution in [0.1, 0.15) is 5.56 Å². The molecule has 0 spiro atoms. The van der Waals surface area contributed by atoms with Gasteiger partial charge >= 0.3 is 0 Å². The van der Waals surface area contributed by atoms with E-state index in [2.05, 4.69) is 5.32 Å². The highest BCUT2D eigenvalue weighted by Crippen LogP contribution is 2.17. The van der Waals surface area contributed by atoms with Crippen LogP contribution in [-0.2, 0) is 11.3 Å². The molecular weight excluding hydrogens is 312 g/mol. The fraction of sp³-hybridized carbons (Fsp3) is 0.111. The largest absolute Gasteiger partial charge is 0.338 e. The van der Waals surface area contributed by atoms with Crippen molar-refractivity contribution in [2.45, 2.75) is 13.5 Å². The Hall–Kier alpha value is -2.59. The number of halogens is 1. The summed E-state index contributed by atoms with van der Waals surface area (Å²) in [5.74, 6) is -0.154. The molecule has 0 fully saturated rings. The zero-order valence-electron chi connectivity index (χ0n) is 12.5. The summed E-state index contributed by atoms with van der Waals surface area (Å²) in [6.45, 7) is 2.05. The monoisotopic (exact) mass is 326 g/mol. The molecule has 0 saturated carbocycles. The number of hydrogen-bond donors (Lipinski definition) is 1. The van der Waals surface area contributed by atoms with E-state index in [1.54, 1.807) is 29.0 Å². The van der Waals surface area contributed by atoms with Gasteiger partial charge in [0.25, 0.3) is 0 Å². The lowest BCUT2D eigenvalue weighted by atomic mass is 10.2. The van der Waals surface area contributed by atoms with Crippen LogP contribution < -0.4 is 10.7 Å². The van der Waals surface area contributed by atoms with Gasteiger partial charge in [-0.2, -0.15) is 0 Å². The van der Waals surface area contributed by atoms with E-state index >= 15 is 0 Å². The van der Waals surface area contributed by atoms with Gasteiger partial charge in [-0.3, -0.25) is 9.59 Å². The number of hydrogen-bond acceptors (Lipinski definition) is 2. The van der Waals surface area contributed by atoms with Gasteiger partial charge in [0.2, 0.25) is 5.91 Å². The Morgan fingerprint density at radius 2 is 1.96 bits per heavy atom. The standard InChI is InChI=1S/C18H15ClN2O2/c1-12-4-2-3-5-15(12)20-18(23)11-21-9-8-17(22)14-10-13(19)6-7-16(14)21/h2-10H,11H2,1H3,(H,20,23). The molecule has 0 atom stereocenters. The normalized spacial score (nSPS) is 10.7. The summed E-state index contributed by atoms with van der Waals surface area (Å²) in [4.78, 5) is 24.2. The van der Waals surface area contributed by atoms with E-state index in [0.717, 1.165) is 11.3 Å². The first-order valence-electron chi connectivity index (χ1n) is 7.19. The zero-order chi connectivity index (χ0) is 16.4. The molecule has 4 nitrogen and oxygen atoms in total. The second kappa shape index (κ2) is 6.26. The number of aryl methyl sites for hydroxylation is 1. The molecule has 1 amide bonds. The van der Waals surface area contributed by atoms with Crippen molar-refractivity contribution in [1.82, 2.24) is 4.57 Å². The van der Waals surface area contributed by atoms with Crippen LogP contribution in [0.4, 0.5) is 5.69 Å². The molecule has 1 heterocycles. The van der Waals surface area contributed by atoms with Gasteiger partial charge in [-0.1, -0.05) is 29.8 Å². The van der Waals surface area contributed by atoms with Crippen LogP contribution >= 0.6 is 11.6 Å². The average Bonchev–Trinajstić information content (AvgIpc) is 2.52. The van der Waals surface area contributed by atoms with Crippen LogP contribution in [0.5, 0.6) is 0 Å². The van der Waals surface area contributed by atoms with E-state index in [0.29, 0.717) is 15.9 Å². The van der Waals surface area contributed by atoms with Crippen molar-refractivity contribution < 1.29 is 4.79 Å². The Morgan fingerprint density at radius 3 is 2.74 bits per heavy atom. The van der Waals surface area contributed by atoms with Crippen LogP contribution in [0.25, 0.3) is 10.9 Å². The van der Waals surface area contributed by atoms with Crippen molar-refractivity contribution in [1.29, 1.82) is 0 Å². The number of nitrogens with one attached hydrogen (secondary N) is 1. The van der Waals surface area contributed by atoms with Gasteiger partial charge in [0.15, 0.2) is 5.43 Å². The third-order valence-corrected chi connectivity index (χ3v) is 3.91. The SMILES string of the molecule is Cc1ccccc1NC(=O)Cn1ccc(=O)c2cc(Cl)ccc21. The van der Waals surface area contributed by atoms with Crippen molar-refractivity contribution >= 4 is 34.1 Å². The molecule has 3 rings (SSSR count). The molecule has 0 aliphatic rings. The Morgan fingerprint density at radius 1 is 1.17 bits per heavy atom. The summed E-state index contributed by atoms with van der Waals surface area (Å²) < 4.78 is 1.74. The van der Waals surface area contributed by atoms with Crippen molar-refractivity contribution in [3.8, 4) is 0 Å². The topological polar surface area (TPSA) is 51.1 Å². The lowest BCUT2D eigenvalue weighted by Crippen LogP contribution is -2.20. The van der Waals surface area contributed by atoms with Gasteiger partial charge in [-0.05, 0) is 36.8 Å². The van der Waals surface area contributed by atoms with Crippen LogP contribution in [0, 0.1) is 6.92 Å². The number of fused-ring (bicyclic) bond motifs is 1. The summed E-state index contributed by atoms with van der Waals surface area (Å²) in [6.07, 6.45) is 1.62. The maximum absolute atomic E-state index is 12.3. The lowest BCUT2D eigenvalue weighted by Gasteiger charge is -2.12. The Balaban J connectivity index is 1.90. The zero-order valence-corrected chi connectivity index (χ0v) is 13.3. The predicted molar refractivity (Wildman–Crippen MR) is 93.0 cm³/mol. The Bertz CT molecular complexity index is 947. The fourth-order valence-electron chi connectivity index (χ4n) is 2.48. The maximum atomic E-state index is 12.3. The van der Waals surface area contributed by atoms with Crippen LogP contribution in [-0.4, -0.2) is 10.5 Å². The first-order valence-corrected chi connectivity index (χ1v) is 7.56. The molecule has 0 aliphatic carbocycles. The summed E-state index contributed by atoms with van der Waals surface area (Å²) >= 11 is 5.95. The highest BCUT2D eigenvalue weighted by atomic mass is 35.5. The highest BCUT2D eigenvalue weighted by molar-refractivity contribution is 6.31. The van der Waals surface area contributed by atoms with Crippen molar-refractivity contribution in [2.75, 3.05) is 5.32 Å². The summed E-state index contributed by atoms with van der Waals surface area (Å²) in [6, 6.07) is 14.1. The predicted octanol–water partition coefficient (Wildman–Crippen LogP) is 3.60. The smallest absolute Gasteiger partial charge is 0.244 e. The molecule has 0 aliphatic heterocycles. The Labute approximate surface area is 138 Å². The minimum absolute atomic E-state index is 0.113. The molecule has 1 aromatic heterocycles. The first-order chi connectivity index (χ1) is 11.0. The number of benzene rings is 2. The number of anilines is 1. The number of aromatic nitrogens is 1. The van der Waals surface area contributed by atoms with E-state index < -0.39 is 0 Å².